The van der Waals surface area contributed by atoms with Crippen LogP contribution < -0.4 is 0 Å². The van der Waals surface area contributed by atoms with Crippen molar-refractivity contribution in [2.75, 3.05) is 26.2 Å². The van der Waals surface area contributed by atoms with Gasteiger partial charge in [0.25, 0.3) is 0 Å². The Bertz CT molecular complexity index is 658. The molecule has 0 spiro atoms. The van der Waals surface area contributed by atoms with Crippen molar-refractivity contribution in [3.8, 4) is 0 Å². The maximum Gasteiger partial charge on any atom is 0.118 e. The quantitative estimate of drug-likeness (QED) is 0.844. The van der Waals surface area contributed by atoms with Gasteiger partial charge in [-0.25, -0.2) is 0 Å². The fraction of sp³-hybridized carbons (Fsp3) is 0.526. The molecule has 0 bridgehead atoms. The zero-order valence-corrected chi connectivity index (χ0v) is 14.2. The van der Waals surface area contributed by atoms with Crippen LogP contribution in [-0.2, 0) is 17.9 Å². The second kappa shape index (κ2) is 7.05. The zero-order valence-electron chi connectivity index (χ0n) is 14.2. The van der Waals surface area contributed by atoms with Crippen molar-refractivity contribution in [2.45, 2.75) is 38.6 Å². The van der Waals surface area contributed by atoms with E-state index in [9.17, 15) is 0 Å². The summed E-state index contributed by atoms with van der Waals surface area (Å²) in [6.45, 7) is 7.90. The van der Waals surface area contributed by atoms with E-state index in [1.54, 1.807) is 0 Å². The summed E-state index contributed by atoms with van der Waals surface area (Å²) >= 11 is 0. The molecule has 4 heterocycles. The van der Waals surface area contributed by atoms with Gasteiger partial charge in [0.2, 0.25) is 0 Å². The van der Waals surface area contributed by atoms with Gasteiger partial charge in [-0.2, -0.15) is 0 Å². The maximum absolute atomic E-state index is 6.10. The fourth-order valence-corrected chi connectivity index (χ4v) is 3.80. The van der Waals surface area contributed by atoms with Crippen LogP contribution in [0.25, 0.3) is 0 Å². The second-order valence-corrected chi connectivity index (χ2v) is 6.89. The number of hydrogen-bond acceptors (Lipinski definition) is 5. The Morgan fingerprint density at radius 3 is 2.96 bits per heavy atom. The van der Waals surface area contributed by atoms with Crippen molar-refractivity contribution in [3.63, 3.8) is 0 Å². The lowest BCUT2D eigenvalue weighted by atomic mass is 10.1. The number of piperazine rings is 1. The highest BCUT2D eigenvalue weighted by Gasteiger charge is 2.36. The molecule has 4 rings (SSSR count). The zero-order chi connectivity index (χ0) is 16.4. The van der Waals surface area contributed by atoms with Gasteiger partial charge in [-0.3, -0.25) is 14.8 Å². The van der Waals surface area contributed by atoms with Crippen LogP contribution in [0.15, 0.2) is 40.9 Å². The lowest BCUT2D eigenvalue weighted by Gasteiger charge is -2.36. The van der Waals surface area contributed by atoms with E-state index in [4.69, 9.17) is 9.15 Å². The first kappa shape index (κ1) is 15.8. The van der Waals surface area contributed by atoms with E-state index in [0.717, 1.165) is 56.4 Å². The van der Waals surface area contributed by atoms with Gasteiger partial charge in [-0.1, -0.05) is 6.07 Å². The molecular weight excluding hydrogens is 302 g/mol. The first-order valence-electron chi connectivity index (χ1n) is 8.79. The van der Waals surface area contributed by atoms with Gasteiger partial charge in [0, 0.05) is 38.4 Å². The Morgan fingerprint density at radius 1 is 1.21 bits per heavy atom. The predicted octanol–water partition coefficient (Wildman–Crippen LogP) is 2.46. The third-order valence-corrected chi connectivity index (χ3v) is 5.03. The van der Waals surface area contributed by atoms with Crippen LogP contribution in [0.3, 0.4) is 0 Å². The number of fused-ring (bicyclic) bond motifs is 1. The van der Waals surface area contributed by atoms with Crippen LogP contribution in [0, 0.1) is 6.92 Å². The van der Waals surface area contributed by atoms with Crippen LogP contribution in [0.1, 0.15) is 23.6 Å². The van der Waals surface area contributed by atoms with E-state index in [0.29, 0.717) is 18.8 Å². The Hall–Kier alpha value is -1.69. The minimum Gasteiger partial charge on any atom is -0.465 e. The van der Waals surface area contributed by atoms with Gasteiger partial charge < -0.3 is 9.15 Å². The summed E-state index contributed by atoms with van der Waals surface area (Å²) < 4.78 is 11.8. The summed E-state index contributed by atoms with van der Waals surface area (Å²) in [4.78, 5) is 9.41. The van der Waals surface area contributed by atoms with Crippen molar-refractivity contribution < 1.29 is 9.15 Å². The predicted molar refractivity (Wildman–Crippen MR) is 91.5 cm³/mol. The highest BCUT2D eigenvalue weighted by atomic mass is 16.5. The van der Waals surface area contributed by atoms with Crippen LogP contribution in [0.4, 0.5) is 0 Å². The van der Waals surface area contributed by atoms with Crippen molar-refractivity contribution in [1.29, 1.82) is 0 Å². The molecule has 2 atom stereocenters. The molecule has 0 unspecified atom stereocenters. The molecule has 2 aliphatic heterocycles. The van der Waals surface area contributed by atoms with E-state index in [1.165, 1.54) is 0 Å². The minimum absolute atomic E-state index is 0.322. The van der Waals surface area contributed by atoms with Crippen molar-refractivity contribution in [2.24, 2.45) is 0 Å². The van der Waals surface area contributed by atoms with E-state index >= 15 is 0 Å². The Balaban J connectivity index is 1.27. The molecular formula is C19H25N3O2. The number of rotatable bonds is 5. The molecule has 2 fully saturated rings. The topological polar surface area (TPSA) is 41.7 Å². The lowest BCUT2D eigenvalue weighted by molar-refractivity contribution is 0.0439. The summed E-state index contributed by atoms with van der Waals surface area (Å²) in [5, 5.41) is 0. The average Bonchev–Trinajstić information content (AvgIpc) is 3.19. The van der Waals surface area contributed by atoms with Gasteiger partial charge in [-0.05, 0) is 37.6 Å². The molecule has 2 aromatic heterocycles. The molecule has 2 aliphatic rings. The first-order chi connectivity index (χ1) is 11.8. The highest BCUT2D eigenvalue weighted by molar-refractivity contribution is 5.06. The molecule has 0 amide bonds. The Labute approximate surface area is 143 Å². The second-order valence-electron chi connectivity index (χ2n) is 6.89. The van der Waals surface area contributed by atoms with Gasteiger partial charge in [0.15, 0.2) is 0 Å². The fourth-order valence-electron chi connectivity index (χ4n) is 3.80. The van der Waals surface area contributed by atoms with E-state index in [-0.39, 0.29) is 0 Å². The van der Waals surface area contributed by atoms with Crippen LogP contribution in [0.5, 0.6) is 0 Å². The standard InChI is InChI=1S/C19H25N3O2/c1-15-5-6-18(24-15)12-21-8-9-22-13-19(10-17(22)11-21)23-14-16-4-2-3-7-20-16/h2-7,17,19H,8-14H2,1H3/t17-,19+/m1/s1. The number of pyridine rings is 1. The number of furan rings is 1. The first-order valence-corrected chi connectivity index (χ1v) is 8.79. The number of aryl methyl sites for hydroxylation is 1. The Morgan fingerprint density at radius 2 is 2.17 bits per heavy atom. The molecule has 24 heavy (non-hydrogen) atoms. The van der Waals surface area contributed by atoms with Gasteiger partial charge >= 0.3 is 0 Å². The number of ether oxygens (including phenoxy) is 1. The highest BCUT2D eigenvalue weighted by Crippen LogP contribution is 2.25. The summed E-state index contributed by atoms with van der Waals surface area (Å²) in [7, 11) is 0. The lowest BCUT2D eigenvalue weighted by Crippen LogP contribution is -2.49. The van der Waals surface area contributed by atoms with E-state index in [1.807, 2.05) is 37.4 Å². The van der Waals surface area contributed by atoms with Gasteiger partial charge in [-0.15, -0.1) is 0 Å². The summed E-state index contributed by atoms with van der Waals surface area (Å²) in [6, 6.07) is 10.7. The Kier molecular flexibility index (Phi) is 4.65. The minimum atomic E-state index is 0.322. The smallest absolute Gasteiger partial charge is 0.118 e. The number of nitrogens with zero attached hydrogens (tertiary/aromatic N) is 3. The largest absolute Gasteiger partial charge is 0.465 e. The average molecular weight is 327 g/mol. The molecule has 5 nitrogen and oxygen atoms in total. The molecule has 0 saturated carbocycles. The molecule has 2 saturated heterocycles. The molecule has 0 N–H and O–H groups in total. The normalized spacial score (nSPS) is 25.0. The summed E-state index contributed by atoms with van der Waals surface area (Å²) in [5.74, 6) is 2.06. The van der Waals surface area contributed by atoms with Crippen molar-refractivity contribution in [1.82, 2.24) is 14.8 Å². The molecule has 2 aromatic rings. The third-order valence-electron chi connectivity index (χ3n) is 5.03. The van der Waals surface area contributed by atoms with Crippen molar-refractivity contribution >= 4 is 0 Å². The van der Waals surface area contributed by atoms with E-state index < -0.39 is 0 Å². The monoisotopic (exact) mass is 327 g/mol. The van der Waals surface area contributed by atoms with Crippen LogP contribution in [-0.4, -0.2) is 53.1 Å². The summed E-state index contributed by atoms with van der Waals surface area (Å²) in [5.41, 5.74) is 1.01. The van der Waals surface area contributed by atoms with Gasteiger partial charge in [0.05, 0.1) is 24.9 Å². The number of aromatic nitrogens is 1. The summed E-state index contributed by atoms with van der Waals surface area (Å²) in [6.07, 6.45) is 3.26. The molecule has 128 valence electrons. The molecule has 0 aromatic carbocycles. The van der Waals surface area contributed by atoms with Crippen LogP contribution in [0.2, 0.25) is 0 Å². The van der Waals surface area contributed by atoms with Gasteiger partial charge in [0.1, 0.15) is 11.5 Å². The SMILES string of the molecule is Cc1ccc(CN2CCN3C[C@@H](OCc4ccccn4)C[C@@H]3C2)o1. The molecule has 5 heteroatoms. The molecule has 0 aliphatic carbocycles. The van der Waals surface area contributed by atoms with E-state index in [2.05, 4.69) is 20.9 Å². The maximum atomic E-state index is 6.10. The number of hydrogen-bond donors (Lipinski definition) is 0. The third kappa shape index (κ3) is 3.69. The van der Waals surface area contributed by atoms with Crippen LogP contribution >= 0.6 is 0 Å². The molecule has 0 radical (unpaired) electrons. The van der Waals surface area contributed by atoms with Crippen molar-refractivity contribution in [3.05, 3.63) is 53.7 Å².